The summed E-state index contributed by atoms with van der Waals surface area (Å²) in [6, 6.07) is 20.5. The number of benzene rings is 3. The summed E-state index contributed by atoms with van der Waals surface area (Å²) in [7, 11) is 3.20. The summed E-state index contributed by atoms with van der Waals surface area (Å²) in [6.07, 6.45) is 0.669. The molecule has 7 nitrogen and oxygen atoms in total. The van der Waals surface area contributed by atoms with Gasteiger partial charge in [-0.15, -0.1) is 0 Å². The van der Waals surface area contributed by atoms with Crippen LogP contribution >= 0.6 is 0 Å². The Morgan fingerprint density at radius 3 is 2.45 bits per heavy atom. The van der Waals surface area contributed by atoms with Gasteiger partial charge < -0.3 is 24.4 Å². The van der Waals surface area contributed by atoms with Gasteiger partial charge in [0, 0.05) is 12.1 Å². The molecular weight excluding hydrogens is 420 g/mol. The van der Waals surface area contributed by atoms with E-state index in [2.05, 4.69) is 5.32 Å². The number of nitrogens with zero attached hydrogens (tertiary/aromatic N) is 1. The van der Waals surface area contributed by atoms with Crippen LogP contribution in [0.15, 0.2) is 66.7 Å². The fraction of sp³-hybridized carbons (Fsp3) is 0.231. The molecule has 0 fully saturated rings. The SMILES string of the molecule is COc1ccc(CCNC(=O)c2ccc(CN3C(=O)COc4ccccc43)cc2)cc1OC. The van der Waals surface area contributed by atoms with Crippen molar-refractivity contribution in [2.75, 3.05) is 32.3 Å². The summed E-state index contributed by atoms with van der Waals surface area (Å²) < 4.78 is 16.1. The minimum Gasteiger partial charge on any atom is -0.493 e. The number of nitrogens with one attached hydrogen (secondary N) is 1. The Hall–Kier alpha value is -4.00. The maximum atomic E-state index is 12.5. The summed E-state index contributed by atoms with van der Waals surface area (Å²) in [5.74, 6) is 1.80. The lowest BCUT2D eigenvalue weighted by Gasteiger charge is -2.29. The van der Waals surface area contributed by atoms with E-state index in [9.17, 15) is 9.59 Å². The van der Waals surface area contributed by atoms with Crippen molar-refractivity contribution in [2.45, 2.75) is 13.0 Å². The van der Waals surface area contributed by atoms with Crippen molar-refractivity contribution in [3.8, 4) is 17.2 Å². The first-order chi connectivity index (χ1) is 16.1. The summed E-state index contributed by atoms with van der Waals surface area (Å²) in [5, 5.41) is 2.94. The first-order valence-electron chi connectivity index (χ1n) is 10.7. The molecule has 0 atom stereocenters. The van der Waals surface area contributed by atoms with Crippen molar-refractivity contribution in [2.24, 2.45) is 0 Å². The molecule has 1 aliphatic rings. The number of amides is 2. The lowest BCUT2D eigenvalue weighted by molar-refractivity contribution is -0.121. The minimum absolute atomic E-state index is 0.0254. The van der Waals surface area contributed by atoms with Gasteiger partial charge in [-0.1, -0.05) is 30.3 Å². The van der Waals surface area contributed by atoms with Crippen molar-refractivity contribution in [3.05, 3.63) is 83.4 Å². The van der Waals surface area contributed by atoms with Crippen LogP contribution in [0.1, 0.15) is 21.5 Å². The number of carbonyl (C=O) groups excluding carboxylic acids is 2. The first-order valence-corrected chi connectivity index (χ1v) is 10.7. The van der Waals surface area contributed by atoms with E-state index in [0.29, 0.717) is 42.3 Å². The Kier molecular flexibility index (Phi) is 6.78. The lowest BCUT2D eigenvalue weighted by atomic mass is 10.1. The highest BCUT2D eigenvalue weighted by atomic mass is 16.5. The lowest BCUT2D eigenvalue weighted by Crippen LogP contribution is -2.38. The molecule has 7 heteroatoms. The van der Waals surface area contributed by atoms with Crippen LogP contribution in [0.5, 0.6) is 17.2 Å². The van der Waals surface area contributed by atoms with Crippen molar-refractivity contribution in [3.63, 3.8) is 0 Å². The smallest absolute Gasteiger partial charge is 0.265 e. The molecule has 2 amide bonds. The van der Waals surface area contributed by atoms with Gasteiger partial charge >= 0.3 is 0 Å². The van der Waals surface area contributed by atoms with Crippen LogP contribution in [0.4, 0.5) is 5.69 Å². The third kappa shape index (κ3) is 5.09. The fourth-order valence-corrected chi connectivity index (χ4v) is 3.73. The predicted molar refractivity (Wildman–Crippen MR) is 125 cm³/mol. The van der Waals surface area contributed by atoms with Crippen LogP contribution < -0.4 is 24.4 Å². The highest BCUT2D eigenvalue weighted by molar-refractivity contribution is 5.98. The molecular formula is C26H26N2O5. The number of fused-ring (bicyclic) bond motifs is 1. The van der Waals surface area contributed by atoms with Crippen LogP contribution in [0.2, 0.25) is 0 Å². The van der Waals surface area contributed by atoms with Crippen LogP contribution in [0.3, 0.4) is 0 Å². The van der Waals surface area contributed by atoms with Gasteiger partial charge in [0.2, 0.25) is 0 Å². The fourth-order valence-electron chi connectivity index (χ4n) is 3.73. The van der Waals surface area contributed by atoms with Crippen LogP contribution in [-0.4, -0.2) is 39.2 Å². The Morgan fingerprint density at radius 2 is 1.70 bits per heavy atom. The number of anilines is 1. The maximum Gasteiger partial charge on any atom is 0.265 e. The molecule has 0 bridgehead atoms. The van der Waals surface area contributed by atoms with E-state index in [1.165, 1.54) is 0 Å². The highest BCUT2D eigenvalue weighted by Crippen LogP contribution is 2.32. The normalized spacial score (nSPS) is 12.5. The average molecular weight is 447 g/mol. The zero-order valence-electron chi connectivity index (χ0n) is 18.7. The van der Waals surface area contributed by atoms with Gasteiger partial charge in [-0.25, -0.2) is 0 Å². The molecule has 0 aromatic heterocycles. The van der Waals surface area contributed by atoms with Gasteiger partial charge in [0.25, 0.3) is 11.8 Å². The molecule has 0 spiro atoms. The number of hydrogen-bond donors (Lipinski definition) is 1. The highest BCUT2D eigenvalue weighted by Gasteiger charge is 2.25. The molecule has 3 aromatic carbocycles. The second kappa shape index (κ2) is 10.1. The van der Waals surface area contributed by atoms with Crippen LogP contribution in [-0.2, 0) is 17.8 Å². The predicted octanol–water partition coefficient (Wildman–Crippen LogP) is 3.60. The van der Waals surface area contributed by atoms with Gasteiger partial charge in [-0.2, -0.15) is 0 Å². The second-order valence-electron chi connectivity index (χ2n) is 7.63. The monoisotopic (exact) mass is 446 g/mol. The molecule has 0 saturated heterocycles. The topological polar surface area (TPSA) is 77.1 Å². The van der Waals surface area contributed by atoms with Crippen molar-refractivity contribution >= 4 is 17.5 Å². The molecule has 0 aliphatic carbocycles. The quantitative estimate of drug-likeness (QED) is 0.572. The van der Waals surface area contributed by atoms with Gasteiger partial charge in [0.1, 0.15) is 5.75 Å². The summed E-state index contributed by atoms with van der Waals surface area (Å²) in [6.45, 7) is 0.938. The molecule has 1 N–H and O–H groups in total. The van der Waals surface area contributed by atoms with Crippen LogP contribution in [0, 0.1) is 0 Å². The van der Waals surface area contributed by atoms with E-state index >= 15 is 0 Å². The number of rotatable bonds is 8. The number of methoxy groups -OCH3 is 2. The largest absolute Gasteiger partial charge is 0.493 e. The van der Waals surface area contributed by atoms with Crippen molar-refractivity contribution in [1.29, 1.82) is 0 Å². The Morgan fingerprint density at radius 1 is 0.970 bits per heavy atom. The molecule has 4 rings (SSSR count). The number of hydrogen-bond acceptors (Lipinski definition) is 5. The number of carbonyl (C=O) groups is 2. The summed E-state index contributed by atoms with van der Waals surface area (Å²) >= 11 is 0. The second-order valence-corrected chi connectivity index (χ2v) is 7.63. The minimum atomic E-state index is -0.144. The third-order valence-corrected chi connectivity index (χ3v) is 5.51. The van der Waals surface area contributed by atoms with Crippen molar-refractivity contribution < 1.29 is 23.8 Å². The van der Waals surface area contributed by atoms with E-state index in [-0.39, 0.29) is 18.4 Å². The Balaban J connectivity index is 1.34. The zero-order valence-corrected chi connectivity index (χ0v) is 18.7. The Bertz CT molecular complexity index is 1140. The Labute approximate surface area is 192 Å². The molecule has 1 aliphatic heterocycles. The number of para-hydroxylation sites is 2. The number of ether oxygens (including phenoxy) is 3. The van der Waals surface area contributed by atoms with Gasteiger partial charge in [-0.3, -0.25) is 9.59 Å². The summed E-state index contributed by atoms with van der Waals surface area (Å²) in [4.78, 5) is 26.6. The molecule has 33 heavy (non-hydrogen) atoms. The van der Waals surface area contributed by atoms with Gasteiger partial charge in [0.05, 0.1) is 26.5 Å². The van der Waals surface area contributed by atoms with E-state index in [1.807, 2.05) is 54.6 Å². The van der Waals surface area contributed by atoms with Gasteiger partial charge in [-0.05, 0) is 53.9 Å². The van der Waals surface area contributed by atoms with E-state index < -0.39 is 0 Å². The molecule has 0 radical (unpaired) electrons. The van der Waals surface area contributed by atoms with E-state index in [4.69, 9.17) is 14.2 Å². The standard InChI is InChI=1S/C26H26N2O5/c1-31-23-12-9-18(15-24(23)32-2)13-14-27-26(30)20-10-7-19(8-11-20)16-28-21-5-3-4-6-22(21)33-17-25(28)29/h3-12,15H,13-14,16-17H2,1-2H3,(H,27,30). The van der Waals surface area contributed by atoms with Crippen molar-refractivity contribution in [1.82, 2.24) is 5.32 Å². The van der Waals surface area contributed by atoms with E-state index in [1.54, 1.807) is 31.3 Å². The molecule has 1 heterocycles. The summed E-state index contributed by atoms with van der Waals surface area (Å²) in [5.41, 5.74) is 3.30. The van der Waals surface area contributed by atoms with Gasteiger partial charge in [0.15, 0.2) is 18.1 Å². The van der Waals surface area contributed by atoms with Crippen LogP contribution in [0.25, 0.3) is 0 Å². The third-order valence-electron chi connectivity index (χ3n) is 5.51. The molecule has 170 valence electrons. The van der Waals surface area contributed by atoms with E-state index in [0.717, 1.165) is 16.8 Å². The maximum absolute atomic E-state index is 12.5. The average Bonchev–Trinajstić information content (AvgIpc) is 2.86. The molecule has 0 unspecified atom stereocenters. The first kappa shape index (κ1) is 22.2. The molecule has 0 saturated carbocycles. The molecule has 3 aromatic rings. The zero-order chi connectivity index (χ0) is 23.2.